The van der Waals surface area contributed by atoms with E-state index in [1.165, 1.54) is 12.1 Å². The molecule has 4 nitrogen and oxygen atoms in total. The molecule has 1 amide bonds. The number of halogens is 1. The van der Waals surface area contributed by atoms with Gasteiger partial charge in [-0.25, -0.2) is 0 Å². The molecular weight excluding hydrogens is 264 g/mol. The first-order valence-corrected chi connectivity index (χ1v) is 6.89. The SMILES string of the molecule is CN1CCC(CNC(=O)c2cc(Cl)ccc2O)CC1. The number of likely N-dealkylation sites (tertiary alicyclic amines) is 1. The van der Waals surface area contributed by atoms with Gasteiger partial charge in [0.1, 0.15) is 5.75 Å². The molecule has 1 aromatic rings. The lowest BCUT2D eigenvalue weighted by Gasteiger charge is -2.28. The molecule has 1 saturated heterocycles. The number of nitrogens with one attached hydrogen (secondary N) is 1. The maximum atomic E-state index is 12.0. The van der Waals surface area contributed by atoms with Crippen LogP contribution in [0.15, 0.2) is 18.2 Å². The summed E-state index contributed by atoms with van der Waals surface area (Å²) in [6.07, 6.45) is 2.19. The van der Waals surface area contributed by atoms with Gasteiger partial charge in [-0.1, -0.05) is 11.6 Å². The van der Waals surface area contributed by atoms with Crippen LogP contribution in [-0.2, 0) is 0 Å². The van der Waals surface area contributed by atoms with Crippen LogP contribution in [0.25, 0.3) is 0 Å². The van der Waals surface area contributed by atoms with Crippen molar-refractivity contribution in [2.75, 3.05) is 26.7 Å². The summed E-state index contributed by atoms with van der Waals surface area (Å²) < 4.78 is 0. The van der Waals surface area contributed by atoms with Gasteiger partial charge >= 0.3 is 0 Å². The first kappa shape index (κ1) is 14.2. The van der Waals surface area contributed by atoms with E-state index in [-0.39, 0.29) is 17.2 Å². The van der Waals surface area contributed by atoms with Gasteiger partial charge in [0.05, 0.1) is 5.56 Å². The normalized spacial score (nSPS) is 17.4. The highest BCUT2D eigenvalue weighted by atomic mass is 35.5. The average molecular weight is 283 g/mol. The van der Waals surface area contributed by atoms with Gasteiger partial charge in [0, 0.05) is 11.6 Å². The smallest absolute Gasteiger partial charge is 0.255 e. The van der Waals surface area contributed by atoms with Crippen molar-refractivity contribution < 1.29 is 9.90 Å². The van der Waals surface area contributed by atoms with E-state index in [0.29, 0.717) is 17.5 Å². The lowest BCUT2D eigenvalue weighted by molar-refractivity contribution is 0.0936. The quantitative estimate of drug-likeness (QED) is 0.893. The summed E-state index contributed by atoms with van der Waals surface area (Å²) in [7, 11) is 2.11. The fraction of sp³-hybridized carbons (Fsp3) is 0.500. The van der Waals surface area contributed by atoms with Crippen molar-refractivity contribution in [2.45, 2.75) is 12.8 Å². The number of aromatic hydroxyl groups is 1. The van der Waals surface area contributed by atoms with Crippen molar-refractivity contribution in [2.24, 2.45) is 5.92 Å². The van der Waals surface area contributed by atoms with Crippen molar-refractivity contribution in [3.05, 3.63) is 28.8 Å². The Hall–Kier alpha value is -1.26. The molecule has 5 heteroatoms. The van der Waals surface area contributed by atoms with Gasteiger partial charge in [-0.15, -0.1) is 0 Å². The lowest BCUT2D eigenvalue weighted by atomic mass is 9.97. The summed E-state index contributed by atoms with van der Waals surface area (Å²) in [4.78, 5) is 14.3. The van der Waals surface area contributed by atoms with Crippen LogP contribution >= 0.6 is 11.6 Å². The highest BCUT2D eigenvalue weighted by Gasteiger charge is 2.18. The number of hydrogen-bond acceptors (Lipinski definition) is 3. The Balaban J connectivity index is 1.89. The predicted octanol–water partition coefficient (Wildman–Crippen LogP) is 2.12. The molecule has 0 spiro atoms. The highest BCUT2D eigenvalue weighted by Crippen LogP contribution is 2.21. The third-order valence-corrected chi connectivity index (χ3v) is 3.83. The van der Waals surface area contributed by atoms with E-state index in [1.54, 1.807) is 6.07 Å². The van der Waals surface area contributed by atoms with E-state index in [2.05, 4.69) is 17.3 Å². The zero-order valence-corrected chi connectivity index (χ0v) is 11.8. The Morgan fingerprint density at radius 2 is 2.16 bits per heavy atom. The number of hydrogen-bond donors (Lipinski definition) is 2. The number of carbonyl (C=O) groups excluding carboxylic acids is 1. The maximum absolute atomic E-state index is 12.0. The minimum Gasteiger partial charge on any atom is -0.507 e. The number of carbonyl (C=O) groups is 1. The van der Waals surface area contributed by atoms with Gasteiger partial charge in [0.25, 0.3) is 5.91 Å². The molecular formula is C14H19ClN2O2. The summed E-state index contributed by atoms with van der Waals surface area (Å²) in [5, 5.41) is 13.0. The van der Waals surface area contributed by atoms with Gasteiger partial charge in [-0.2, -0.15) is 0 Å². The summed E-state index contributed by atoms with van der Waals surface area (Å²) in [5.74, 6) is 0.214. The van der Waals surface area contributed by atoms with Gasteiger partial charge in [0.2, 0.25) is 0 Å². The van der Waals surface area contributed by atoms with Gasteiger partial charge in [-0.05, 0) is 57.1 Å². The topological polar surface area (TPSA) is 52.6 Å². The monoisotopic (exact) mass is 282 g/mol. The molecule has 0 radical (unpaired) electrons. The van der Waals surface area contributed by atoms with Crippen LogP contribution in [0.4, 0.5) is 0 Å². The number of amides is 1. The number of nitrogens with zero attached hydrogens (tertiary/aromatic N) is 1. The number of benzene rings is 1. The van der Waals surface area contributed by atoms with Crippen molar-refractivity contribution >= 4 is 17.5 Å². The molecule has 1 aliphatic rings. The molecule has 1 aliphatic heterocycles. The number of rotatable bonds is 3. The van der Waals surface area contributed by atoms with E-state index in [1.807, 2.05) is 0 Å². The Morgan fingerprint density at radius 1 is 1.47 bits per heavy atom. The minimum atomic E-state index is -0.265. The molecule has 2 N–H and O–H groups in total. The molecule has 0 saturated carbocycles. The van der Waals surface area contributed by atoms with Crippen LogP contribution in [-0.4, -0.2) is 42.6 Å². The van der Waals surface area contributed by atoms with Crippen LogP contribution in [0.1, 0.15) is 23.2 Å². The second-order valence-electron chi connectivity index (χ2n) is 5.12. The summed E-state index contributed by atoms with van der Waals surface area (Å²) in [6, 6.07) is 4.48. The van der Waals surface area contributed by atoms with Crippen LogP contribution in [0.2, 0.25) is 5.02 Å². The highest BCUT2D eigenvalue weighted by molar-refractivity contribution is 6.31. The number of phenols is 1. The van der Waals surface area contributed by atoms with Crippen LogP contribution in [0.3, 0.4) is 0 Å². The Labute approximate surface area is 118 Å². The second-order valence-corrected chi connectivity index (χ2v) is 5.55. The first-order valence-electron chi connectivity index (χ1n) is 6.51. The molecule has 1 fully saturated rings. The molecule has 0 unspecified atom stereocenters. The first-order chi connectivity index (χ1) is 9.06. The molecule has 0 aliphatic carbocycles. The van der Waals surface area contributed by atoms with E-state index in [0.717, 1.165) is 25.9 Å². The molecule has 104 valence electrons. The second kappa shape index (κ2) is 6.26. The average Bonchev–Trinajstić information content (AvgIpc) is 2.40. The molecule has 1 aromatic carbocycles. The minimum absolute atomic E-state index is 0.0368. The van der Waals surface area contributed by atoms with Gasteiger partial charge < -0.3 is 15.3 Å². The van der Waals surface area contributed by atoms with E-state index < -0.39 is 0 Å². The van der Waals surface area contributed by atoms with E-state index >= 15 is 0 Å². The van der Waals surface area contributed by atoms with Crippen LogP contribution in [0.5, 0.6) is 5.75 Å². The zero-order chi connectivity index (χ0) is 13.8. The van der Waals surface area contributed by atoms with Gasteiger partial charge in [0.15, 0.2) is 0 Å². The maximum Gasteiger partial charge on any atom is 0.255 e. The molecule has 0 aromatic heterocycles. The van der Waals surface area contributed by atoms with E-state index in [9.17, 15) is 9.90 Å². The largest absolute Gasteiger partial charge is 0.507 e. The fourth-order valence-corrected chi connectivity index (χ4v) is 2.46. The molecule has 19 heavy (non-hydrogen) atoms. The van der Waals surface area contributed by atoms with Gasteiger partial charge in [-0.3, -0.25) is 4.79 Å². The zero-order valence-electron chi connectivity index (χ0n) is 11.0. The van der Waals surface area contributed by atoms with Crippen molar-refractivity contribution in [1.29, 1.82) is 0 Å². The van der Waals surface area contributed by atoms with Crippen LogP contribution < -0.4 is 5.32 Å². The van der Waals surface area contributed by atoms with Crippen molar-refractivity contribution in [3.63, 3.8) is 0 Å². The van der Waals surface area contributed by atoms with Crippen molar-refractivity contribution in [1.82, 2.24) is 10.2 Å². The third kappa shape index (κ3) is 3.85. The molecule has 2 rings (SSSR count). The Bertz CT molecular complexity index is 457. The standard InChI is InChI=1S/C14H19ClN2O2/c1-17-6-4-10(5-7-17)9-16-14(19)12-8-11(15)2-3-13(12)18/h2-3,8,10,18H,4-7,9H2,1H3,(H,16,19). The number of piperidine rings is 1. The third-order valence-electron chi connectivity index (χ3n) is 3.59. The molecule has 0 atom stereocenters. The molecule has 1 heterocycles. The Morgan fingerprint density at radius 3 is 2.84 bits per heavy atom. The molecule has 0 bridgehead atoms. The fourth-order valence-electron chi connectivity index (χ4n) is 2.29. The Kier molecular flexibility index (Phi) is 4.66. The van der Waals surface area contributed by atoms with Crippen molar-refractivity contribution in [3.8, 4) is 5.75 Å². The summed E-state index contributed by atoms with van der Waals surface area (Å²) >= 11 is 5.83. The lowest BCUT2D eigenvalue weighted by Crippen LogP contribution is -2.36. The summed E-state index contributed by atoms with van der Waals surface area (Å²) in [5.41, 5.74) is 0.237. The van der Waals surface area contributed by atoms with E-state index in [4.69, 9.17) is 11.6 Å². The number of phenolic OH excluding ortho intramolecular Hbond substituents is 1. The summed E-state index contributed by atoms with van der Waals surface area (Å²) in [6.45, 7) is 2.80. The predicted molar refractivity (Wildman–Crippen MR) is 75.7 cm³/mol. The van der Waals surface area contributed by atoms with Crippen LogP contribution in [0, 0.1) is 5.92 Å².